The van der Waals surface area contributed by atoms with Crippen LogP contribution in [0.15, 0.2) is 22.7 Å². The Labute approximate surface area is 89.0 Å². The van der Waals surface area contributed by atoms with Crippen LogP contribution >= 0.6 is 15.9 Å². The second-order valence-electron chi connectivity index (χ2n) is 2.23. The molecular weight excluding hydrogens is 236 g/mol. The summed E-state index contributed by atoms with van der Waals surface area (Å²) in [6.45, 7) is 0. The van der Waals surface area contributed by atoms with Gasteiger partial charge in [0, 0.05) is 4.47 Å². The van der Waals surface area contributed by atoms with Crippen molar-refractivity contribution in [3.63, 3.8) is 0 Å². The fraction of sp³-hybridized carbons (Fsp3) is 0.222. The molecule has 0 saturated heterocycles. The average molecular weight is 248 g/mol. The number of hydrogen-bond acceptors (Lipinski definition) is 3. The van der Waals surface area contributed by atoms with Gasteiger partial charge in [-0.1, -0.05) is 15.9 Å². The Balaban J connectivity index is 3.13. The van der Waals surface area contributed by atoms with Crippen molar-refractivity contribution < 1.29 is 18.4 Å². The van der Waals surface area contributed by atoms with E-state index in [-0.39, 0.29) is 11.3 Å². The SMILES string of the molecule is [2H]C([2H])([2H])Oc1cc(Br)ccc1C(=O)OC. The summed E-state index contributed by atoms with van der Waals surface area (Å²) >= 11 is 3.16. The Morgan fingerprint density at radius 2 is 2.38 bits per heavy atom. The minimum atomic E-state index is -2.61. The molecule has 3 nitrogen and oxygen atoms in total. The van der Waals surface area contributed by atoms with Gasteiger partial charge in [-0.2, -0.15) is 0 Å². The van der Waals surface area contributed by atoms with Crippen LogP contribution in [0.25, 0.3) is 0 Å². The summed E-state index contributed by atoms with van der Waals surface area (Å²) < 4.78 is 30.8. The molecule has 0 radical (unpaired) electrons. The van der Waals surface area contributed by atoms with Crippen LogP contribution < -0.4 is 4.74 Å². The molecule has 0 aliphatic heterocycles. The molecule has 1 aromatic rings. The van der Waals surface area contributed by atoms with Crippen molar-refractivity contribution in [1.29, 1.82) is 0 Å². The van der Waals surface area contributed by atoms with E-state index in [4.69, 9.17) is 8.85 Å². The van der Waals surface area contributed by atoms with E-state index in [1.165, 1.54) is 19.2 Å². The predicted octanol–water partition coefficient (Wildman–Crippen LogP) is 2.24. The zero-order valence-corrected chi connectivity index (χ0v) is 8.42. The zero-order chi connectivity index (χ0) is 12.3. The van der Waals surface area contributed by atoms with Gasteiger partial charge in [0.25, 0.3) is 0 Å². The first-order chi connectivity index (χ1) is 7.33. The normalized spacial score (nSPS) is 13.8. The van der Waals surface area contributed by atoms with Crippen LogP contribution in [0.1, 0.15) is 14.5 Å². The lowest BCUT2D eigenvalue weighted by molar-refractivity contribution is 0.0597. The van der Waals surface area contributed by atoms with Gasteiger partial charge in [-0.05, 0) is 18.2 Å². The Morgan fingerprint density at radius 1 is 1.62 bits per heavy atom. The largest absolute Gasteiger partial charge is 0.496 e. The summed E-state index contributed by atoms with van der Waals surface area (Å²) in [6, 6.07) is 4.42. The number of benzene rings is 1. The van der Waals surface area contributed by atoms with E-state index in [0.29, 0.717) is 4.47 Å². The molecule has 0 aliphatic rings. The lowest BCUT2D eigenvalue weighted by atomic mass is 10.2. The number of carbonyl (C=O) groups excluding carboxylic acids is 1. The highest BCUT2D eigenvalue weighted by Gasteiger charge is 2.11. The number of methoxy groups -OCH3 is 2. The number of halogens is 1. The molecule has 0 aliphatic carbocycles. The summed E-state index contributed by atoms with van der Waals surface area (Å²) in [4.78, 5) is 11.3. The summed E-state index contributed by atoms with van der Waals surface area (Å²) in [5.41, 5.74) is 0.0711. The fourth-order valence-corrected chi connectivity index (χ4v) is 1.20. The van der Waals surface area contributed by atoms with Crippen LogP contribution in [-0.2, 0) is 4.74 Å². The molecule has 1 aromatic carbocycles. The maximum absolute atomic E-state index is 11.3. The summed E-state index contributed by atoms with van der Waals surface area (Å²) in [6.07, 6.45) is 0. The molecule has 0 fully saturated rings. The van der Waals surface area contributed by atoms with Crippen molar-refractivity contribution in [3.05, 3.63) is 28.2 Å². The van der Waals surface area contributed by atoms with Crippen LogP contribution in [0.4, 0.5) is 0 Å². The van der Waals surface area contributed by atoms with Crippen LogP contribution in [0, 0.1) is 0 Å². The maximum atomic E-state index is 11.3. The minimum absolute atomic E-state index is 0.0405. The molecule has 0 N–H and O–H groups in total. The maximum Gasteiger partial charge on any atom is 0.341 e. The second kappa shape index (κ2) is 4.28. The van der Waals surface area contributed by atoms with Crippen molar-refractivity contribution in [1.82, 2.24) is 0 Å². The van der Waals surface area contributed by atoms with E-state index >= 15 is 0 Å². The van der Waals surface area contributed by atoms with Gasteiger partial charge in [-0.25, -0.2) is 4.79 Å². The topological polar surface area (TPSA) is 35.5 Å². The number of carbonyl (C=O) groups is 1. The van der Waals surface area contributed by atoms with E-state index < -0.39 is 13.0 Å². The summed E-state index contributed by atoms with van der Waals surface area (Å²) in [5.74, 6) is -0.687. The molecule has 0 aromatic heterocycles. The second-order valence-corrected chi connectivity index (χ2v) is 3.15. The Bertz CT molecular complexity index is 403. The molecule has 0 amide bonds. The third-order valence-electron chi connectivity index (χ3n) is 1.46. The number of ether oxygens (including phenoxy) is 2. The molecule has 0 heterocycles. The van der Waals surface area contributed by atoms with Crippen LogP contribution in [-0.4, -0.2) is 20.1 Å². The minimum Gasteiger partial charge on any atom is -0.496 e. The molecular formula is C9H9BrO3. The highest BCUT2D eigenvalue weighted by molar-refractivity contribution is 9.10. The monoisotopic (exact) mass is 247 g/mol. The van der Waals surface area contributed by atoms with Crippen molar-refractivity contribution in [2.45, 2.75) is 0 Å². The van der Waals surface area contributed by atoms with Gasteiger partial charge >= 0.3 is 5.97 Å². The van der Waals surface area contributed by atoms with Crippen molar-refractivity contribution in [2.75, 3.05) is 14.1 Å². The Kier molecular flexibility index (Phi) is 2.11. The van der Waals surface area contributed by atoms with Gasteiger partial charge in [0.1, 0.15) is 11.3 Å². The van der Waals surface area contributed by atoms with Crippen molar-refractivity contribution >= 4 is 21.9 Å². The van der Waals surface area contributed by atoms with E-state index in [1.807, 2.05) is 0 Å². The van der Waals surface area contributed by atoms with Crippen molar-refractivity contribution in [2.24, 2.45) is 0 Å². The molecule has 0 bridgehead atoms. The zero-order valence-electron chi connectivity index (χ0n) is 9.83. The average Bonchev–Trinajstić information content (AvgIpc) is 2.14. The quantitative estimate of drug-likeness (QED) is 0.753. The number of esters is 1. The molecule has 70 valence electrons. The van der Waals surface area contributed by atoms with Crippen LogP contribution in [0.3, 0.4) is 0 Å². The molecule has 1 rings (SSSR count). The fourth-order valence-electron chi connectivity index (χ4n) is 0.859. The summed E-state index contributed by atoms with van der Waals surface area (Å²) in [5, 5.41) is 0. The van der Waals surface area contributed by atoms with Crippen molar-refractivity contribution in [3.8, 4) is 5.75 Å². The standard InChI is InChI=1S/C9H9BrO3/c1-12-8-5-6(10)3-4-7(8)9(11)13-2/h3-5H,1-2H3/i1D3. The summed E-state index contributed by atoms with van der Waals surface area (Å²) in [7, 11) is -1.40. The molecule has 0 unspecified atom stereocenters. The first-order valence-electron chi connectivity index (χ1n) is 4.90. The van der Waals surface area contributed by atoms with Gasteiger partial charge < -0.3 is 9.47 Å². The predicted molar refractivity (Wildman–Crippen MR) is 52.0 cm³/mol. The lowest BCUT2D eigenvalue weighted by Gasteiger charge is -2.06. The molecule has 13 heavy (non-hydrogen) atoms. The van der Waals surface area contributed by atoms with Gasteiger partial charge in [0.05, 0.1) is 18.3 Å². The van der Waals surface area contributed by atoms with Gasteiger partial charge in [0.2, 0.25) is 0 Å². The Morgan fingerprint density at radius 3 is 3.00 bits per heavy atom. The van der Waals surface area contributed by atoms with E-state index in [1.54, 1.807) is 6.07 Å². The molecule has 0 atom stereocenters. The lowest BCUT2D eigenvalue weighted by Crippen LogP contribution is -2.03. The first-order valence-corrected chi connectivity index (χ1v) is 4.19. The number of rotatable bonds is 2. The van der Waals surface area contributed by atoms with Gasteiger partial charge in [-0.15, -0.1) is 0 Å². The highest BCUT2D eigenvalue weighted by Crippen LogP contribution is 2.23. The van der Waals surface area contributed by atoms with Crippen LogP contribution in [0.5, 0.6) is 5.75 Å². The molecule has 4 heteroatoms. The van der Waals surface area contributed by atoms with Crippen LogP contribution in [0.2, 0.25) is 0 Å². The van der Waals surface area contributed by atoms with Gasteiger partial charge in [-0.3, -0.25) is 0 Å². The van der Waals surface area contributed by atoms with E-state index in [0.717, 1.165) is 0 Å². The van der Waals surface area contributed by atoms with E-state index in [2.05, 4.69) is 20.7 Å². The van der Waals surface area contributed by atoms with Gasteiger partial charge in [0.15, 0.2) is 0 Å². The number of hydrogen-bond donors (Lipinski definition) is 0. The smallest absolute Gasteiger partial charge is 0.341 e. The van der Waals surface area contributed by atoms with E-state index in [9.17, 15) is 4.79 Å². The Hall–Kier alpha value is -1.03. The molecule has 0 spiro atoms. The third-order valence-corrected chi connectivity index (χ3v) is 1.95. The first kappa shape index (κ1) is 6.43. The highest BCUT2D eigenvalue weighted by atomic mass is 79.9. The molecule has 0 saturated carbocycles. The third kappa shape index (κ3) is 2.21.